The number of aliphatic hydroxyl groups is 1. The van der Waals surface area contributed by atoms with E-state index < -0.39 is 0 Å². The second-order valence-corrected chi connectivity index (χ2v) is 4.64. The molecule has 0 aliphatic rings. The van der Waals surface area contributed by atoms with E-state index in [0.29, 0.717) is 16.5 Å². The lowest BCUT2D eigenvalue weighted by Gasteiger charge is -2.09. The van der Waals surface area contributed by atoms with Gasteiger partial charge in [0.05, 0.1) is 18.0 Å². The molecule has 0 spiro atoms. The number of halogens is 1. The van der Waals surface area contributed by atoms with Crippen molar-refractivity contribution in [3.05, 3.63) is 46.7 Å². The molecule has 0 aliphatic heterocycles. The SMILES string of the molecule is CC(C)c1ccn(-c2cccc(Cl)c2CO)n1. The number of hydrogen-bond acceptors (Lipinski definition) is 2. The van der Waals surface area contributed by atoms with Gasteiger partial charge < -0.3 is 5.11 Å². The van der Waals surface area contributed by atoms with E-state index in [-0.39, 0.29) is 6.61 Å². The van der Waals surface area contributed by atoms with Crippen LogP contribution in [0, 0.1) is 0 Å². The third kappa shape index (κ3) is 2.35. The van der Waals surface area contributed by atoms with Crippen molar-refractivity contribution in [1.82, 2.24) is 9.78 Å². The number of aromatic nitrogens is 2. The smallest absolute Gasteiger partial charge is 0.0717 e. The van der Waals surface area contributed by atoms with Crippen molar-refractivity contribution in [2.24, 2.45) is 0 Å². The molecule has 2 aromatic rings. The Balaban J connectivity index is 2.48. The van der Waals surface area contributed by atoms with Crippen molar-refractivity contribution in [2.45, 2.75) is 26.4 Å². The third-order valence-electron chi connectivity index (χ3n) is 2.70. The summed E-state index contributed by atoms with van der Waals surface area (Å²) in [5.41, 5.74) is 2.55. The fraction of sp³-hybridized carbons (Fsp3) is 0.308. The quantitative estimate of drug-likeness (QED) is 0.909. The molecule has 0 unspecified atom stereocenters. The van der Waals surface area contributed by atoms with Crippen LogP contribution in [0.5, 0.6) is 0 Å². The minimum absolute atomic E-state index is 0.0914. The van der Waals surface area contributed by atoms with Gasteiger partial charge in [-0.15, -0.1) is 0 Å². The maximum Gasteiger partial charge on any atom is 0.0717 e. The lowest BCUT2D eigenvalue weighted by atomic mass is 10.1. The molecule has 0 aliphatic carbocycles. The molecule has 0 saturated heterocycles. The van der Waals surface area contributed by atoms with Gasteiger partial charge in [-0.25, -0.2) is 4.68 Å². The molecule has 2 rings (SSSR count). The standard InChI is InChI=1S/C13H15ClN2O/c1-9(2)12-6-7-16(15-12)13-5-3-4-11(14)10(13)8-17/h3-7,9,17H,8H2,1-2H3. The summed E-state index contributed by atoms with van der Waals surface area (Å²) >= 11 is 6.05. The highest BCUT2D eigenvalue weighted by molar-refractivity contribution is 6.31. The number of nitrogens with zero attached hydrogens (tertiary/aromatic N) is 2. The van der Waals surface area contributed by atoms with E-state index in [2.05, 4.69) is 18.9 Å². The topological polar surface area (TPSA) is 38.0 Å². The van der Waals surface area contributed by atoms with Gasteiger partial charge in [-0.05, 0) is 24.1 Å². The van der Waals surface area contributed by atoms with Crippen LogP contribution < -0.4 is 0 Å². The minimum atomic E-state index is -0.0914. The molecule has 0 radical (unpaired) electrons. The fourth-order valence-electron chi connectivity index (χ4n) is 1.70. The first-order chi connectivity index (χ1) is 8.13. The van der Waals surface area contributed by atoms with Crippen LogP contribution in [0.25, 0.3) is 5.69 Å². The van der Waals surface area contributed by atoms with Crippen LogP contribution >= 0.6 is 11.6 Å². The Kier molecular flexibility index (Phi) is 3.50. The van der Waals surface area contributed by atoms with Crippen molar-refractivity contribution >= 4 is 11.6 Å². The molecule has 90 valence electrons. The van der Waals surface area contributed by atoms with Crippen molar-refractivity contribution in [1.29, 1.82) is 0 Å². The zero-order chi connectivity index (χ0) is 12.4. The molecule has 0 bridgehead atoms. The molecule has 3 nitrogen and oxygen atoms in total. The van der Waals surface area contributed by atoms with Crippen LogP contribution in [0.3, 0.4) is 0 Å². The number of hydrogen-bond donors (Lipinski definition) is 1. The molecule has 1 aromatic carbocycles. The second-order valence-electron chi connectivity index (χ2n) is 4.24. The van der Waals surface area contributed by atoms with Crippen molar-refractivity contribution in [3.8, 4) is 5.69 Å². The Hall–Kier alpha value is -1.32. The van der Waals surface area contributed by atoms with E-state index in [9.17, 15) is 5.11 Å². The molecular formula is C13H15ClN2O. The largest absolute Gasteiger partial charge is 0.392 e. The highest BCUT2D eigenvalue weighted by Gasteiger charge is 2.10. The maximum absolute atomic E-state index is 9.35. The molecular weight excluding hydrogens is 236 g/mol. The van der Waals surface area contributed by atoms with Gasteiger partial charge in [-0.2, -0.15) is 5.10 Å². The summed E-state index contributed by atoms with van der Waals surface area (Å²) in [5.74, 6) is 0.382. The van der Waals surface area contributed by atoms with E-state index in [1.807, 2.05) is 24.4 Å². The van der Waals surface area contributed by atoms with Crippen molar-refractivity contribution in [2.75, 3.05) is 0 Å². The average molecular weight is 251 g/mol. The van der Waals surface area contributed by atoms with E-state index in [0.717, 1.165) is 11.4 Å². The highest BCUT2D eigenvalue weighted by atomic mass is 35.5. The lowest BCUT2D eigenvalue weighted by molar-refractivity contribution is 0.281. The summed E-state index contributed by atoms with van der Waals surface area (Å²) in [6.07, 6.45) is 1.89. The Morgan fingerprint density at radius 2 is 2.12 bits per heavy atom. The van der Waals surface area contributed by atoms with E-state index in [4.69, 9.17) is 11.6 Å². The Bertz CT molecular complexity index is 520. The van der Waals surface area contributed by atoms with E-state index in [1.54, 1.807) is 10.7 Å². The van der Waals surface area contributed by atoms with Gasteiger partial charge in [0.1, 0.15) is 0 Å². The normalized spacial score (nSPS) is 11.1. The molecule has 1 aromatic heterocycles. The predicted molar refractivity (Wildman–Crippen MR) is 68.6 cm³/mol. The first kappa shape index (κ1) is 12.1. The van der Waals surface area contributed by atoms with Crippen LogP contribution in [0.4, 0.5) is 0 Å². The fourth-order valence-corrected chi connectivity index (χ4v) is 1.93. The molecule has 0 saturated carbocycles. The summed E-state index contributed by atoms with van der Waals surface area (Å²) in [6, 6.07) is 7.50. The molecule has 0 amide bonds. The van der Waals surface area contributed by atoms with Gasteiger partial charge >= 0.3 is 0 Å². The maximum atomic E-state index is 9.35. The summed E-state index contributed by atoms with van der Waals surface area (Å²) < 4.78 is 1.76. The lowest BCUT2D eigenvalue weighted by Crippen LogP contribution is -2.02. The Morgan fingerprint density at radius 3 is 2.71 bits per heavy atom. The van der Waals surface area contributed by atoms with Gasteiger partial charge in [-0.1, -0.05) is 31.5 Å². The molecule has 4 heteroatoms. The van der Waals surface area contributed by atoms with Gasteiger partial charge in [0, 0.05) is 16.8 Å². The average Bonchev–Trinajstić information content (AvgIpc) is 2.77. The highest BCUT2D eigenvalue weighted by Crippen LogP contribution is 2.23. The summed E-state index contributed by atoms with van der Waals surface area (Å²) in [5, 5.41) is 14.4. The molecule has 1 heterocycles. The molecule has 1 N–H and O–H groups in total. The van der Waals surface area contributed by atoms with Crippen molar-refractivity contribution in [3.63, 3.8) is 0 Å². The zero-order valence-corrected chi connectivity index (χ0v) is 10.6. The van der Waals surface area contributed by atoms with Crippen LogP contribution in [-0.4, -0.2) is 14.9 Å². The Morgan fingerprint density at radius 1 is 1.35 bits per heavy atom. The molecule has 17 heavy (non-hydrogen) atoms. The van der Waals surface area contributed by atoms with Gasteiger partial charge in [0.15, 0.2) is 0 Å². The molecule has 0 fully saturated rings. The van der Waals surface area contributed by atoms with Crippen LogP contribution in [0.2, 0.25) is 5.02 Å². The predicted octanol–water partition coefficient (Wildman–Crippen LogP) is 3.14. The second kappa shape index (κ2) is 4.90. The monoisotopic (exact) mass is 250 g/mol. The molecule has 0 atom stereocenters. The van der Waals surface area contributed by atoms with Crippen LogP contribution in [0.15, 0.2) is 30.5 Å². The van der Waals surface area contributed by atoms with E-state index >= 15 is 0 Å². The number of rotatable bonds is 3. The summed E-state index contributed by atoms with van der Waals surface area (Å²) in [4.78, 5) is 0. The van der Waals surface area contributed by atoms with Gasteiger partial charge in [-0.3, -0.25) is 0 Å². The number of aliphatic hydroxyl groups excluding tert-OH is 1. The van der Waals surface area contributed by atoms with Gasteiger partial charge in [0.2, 0.25) is 0 Å². The summed E-state index contributed by atoms with van der Waals surface area (Å²) in [7, 11) is 0. The first-order valence-electron chi connectivity index (χ1n) is 5.57. The summed E-state index contributed by atoms with van der Waals surface area (Å²) in [6.45, 7) is 4.10. The van der Waals surface area contributed by atoms with E-state index in [1.165, 1.54) is 0 Å². The van der Waals surface area contributed by atoms with Crippen LogP contribution in [-0.2, 0) is 6.61 Å². The van der Waals surface area contributed by atoms with Gasteiger partial charge in [0.25, 0.3) is 0 Å². The van der Waals surface area contributed by atoms with Crippen LogP contribution in [0.1, 0.15) is 31.0 Å². The number of benzene rings is 1. The Labute approximate surface area is 106 Å². The third-order valence-corrected chi connectivity index (χ3v) is 3.05. The van der Waals surface area contributed by atoms with Crippen molar-refractivity contribution < 1.29 is 5.11 Å². The minimum Gasteiger partial charge on any atom is -0.392 e. The zero-order valence-electron chi connectivity index (χ0n) is 9.89. The first-order valence-corrected chi connectivity index (χ1v) is 5.95.